The number of imidazole rings is 1. The van der Waals surface area contributed by atoms with E-state index in [0.717, 1.165) is 29.7 Å². The van der Waals surface area contributed by atoms with Gasteiger partial charge in [0.2, 0.25) is 0 Å². The monoisotopic (exact) mass is 353 g/mol. The Bertz CT molecular complexity index is 635. The van der Waals surface area contributed by atoms with Crippen molar-refractivity contribution in [2.24, 2.45) is 5.92 Å². The lowest BCUT2D eigenvalue weighted by Crippen LogP contribution is -2.11. The number of aromatic nitrogens is 2. The number of hydrogen-bond acceptors (Lipinski definition) is 2. The number of rotatable bonds is 5. The number of aryl methyl sites for hydroxylation is 1. The van der Waals surface area contributed by atoms with E-state index in [4.69, 9.17) is 5.73 Å². The fraction of sp³-hybridized carbons (Fsp3) is 0.438. The Morgan fingerprint density at radius 3 is 2.71 bits per heavy atom. The Hall–Kier alpha value is -1.36. The summed E-state index contributed by atoms with van der Waals surface area (Å²) in [5.74, 6) is 1.63. The summed E-state index contributed by atoms with van der Waals surface area (Å²) in [6.45, 7) is 7.16. The predicted octanol–water partition coefficient (Wildman–Crippen LogP) is 4.64. The zero-order valence-corrected chi connectivity index (χ0v) is 14.2. The topological polar surface area (TPSA) is 43.8 Å². The highest BCUT2D eigenvalue weighted by Crippen LogP contribution is 2.31. The van der Waals surface area contributed by atoms with Gasteiger partial charge >= 0.3 is 0 Å². The first kappa shape index (κ1) is 16.0. The van der Waals surface area contributed by atoms with Crippen LogP contribution in [0.1, 0.15) is 33.0 Å². The van der Waals surface area contributed by atoms with Crippen molar-refractivity contribution < 1.29 is 4.39 Å². The molecule has 3 nitrogen and oxygen atoms in total. The quantitative estimate of drug-likeness (QED) is 0.850. The van der Waals surface area contributed by atoms with Gasteiger partial charge < -0.3 is 10.3 Å². The number of nitrogens with zero attached hydrogens (tertiary/aromatic N) is 2. The van der Waals surface area contributed by atoms with Gasteiger partial charge in [-0.2, -0.15) is 0 Å². The molecule has 0 aliphatic rings. The lowest BCUT2D eigenvalue weighted by Gasteiger charge is -2.12. The lowest BCUT2D eigenvalue weighted by molar-refractivity contribution is 0.510. The van der Waals surface area contributed by atoms with Crippen molar-refractivity contribution in [2.75, 3.05) is 5.73 Å². The Morgan fingerprint density at radius 1 is 1.38 bits per heavy atom. The minimum atomic E-state index is -0.304. The van der Waals surface area contributed by atoms with Gasteiger partial charge in [0.05, 0.1) is 0 Å². The van der Waals surface area contributed by atoms with Crippen LogP contribution in [0.25, 0.3) is 11.3 Å². The molecule has 5 heteroatoms. The number of anilines is 1. The molecule has 1 aromatic heterocycles. The smallest absolute Gasteiger partial charge is 0.132 e. The molecule has 1 aromatic carbocycles. The zero-order valence-electron chi connectivity index (χ0n) is 12.7. The third-order valence-corrected chi connectivity index (χ3v) is 3.78. The van der Waals surface area contributed by atoms with E-state index in [1.54, 1.807) is 12.1 Å². The summed E-state index contributed by atoms with van der Waals surface area (Å²) in [5, 5.41) is 0. The molecule has 0 saturated heterocycles. The molecular formula is C16H21BrFN3. The van der Waals surface area contributed by atoms with Gasteiger partial charge in [-0.3, -0.25) is 0 Å². The van der Waals surface area contributed by atoms with Gasteiger partial charge in [0.1, 0.15) is 23.2 Å². The van der Waals surface area contributed by atoms with Gasteiger partial charge in [0.15, 0.2) is 0 Å². The van der Waals surface area contributed by atoms with E-state index >= 15 is 0 Å². The summed E-state index contributed by atoms with van der Waals surface area (Å²) >= 11 is 3.37. The van der Waals surface area contributed by atoms with Gasteiger partial charge in [-0.05, 0) is 30.5 Å². The lowest BCUT2D eigenvalue weighted by atomic mass is 10.1. The molecule has 0 spiro atoms. The van der Waals surface area contributed by atoms with Gasteiger partial charge in [0, 0.05) is 23.0 Å². The average molecular weight is 354 g/mol. The molecule has 0 aliphatic heterocycles. The number of hydrogen-bond donors (Lipinski definition) is 1. The van der Waals surface area contributed by atoms with Crippen LogP contribution in [0.4, 0.5) is 10.2 Å². The van der Waals surface area contributed by atoms with Gasteiger partial charge in [-0.1, -0.05) is 36.7 Å². The Labute approximate surface area is 133 Å². The Morgan fingerprint density at radius 2 is 2.10 bits per heavy atom. The fourth-order valence-corrected chi connectivity index (χ4v) is 2.74. The maximum absolute atomic E-state index is 14.1. The maximum Gasteiger partial charge on any atom is 0.132 e. The Balaban J connectivity index is 2.56. The third-order valence-electron chi connectivity index (χ3n) is 3.29. The van der Waals surface area contributed by atoms with Crippen LogP contribution in [-0.2, 0) is 13.0 Å². The summed E-state index contributed by atoms with van der Waals surface area (Å²) < 4.78 is 16.9. The maximum atomic E-state index is 14.1. The molecule has 2 aromatic rings. The normalized spacial score (nSPS) is 11.3. The molecule has 0 saturated carbocycles. The SMILES string of the molecule is CCCc1nc(-c2cc(Br)ccc2F)c(N)n1CC(C)C. The largest absolute Gasteiger partial charge is 0.383 e. The number of benzene rings is 1. The van der Waals surface area contributed by atoms with Crippen LogP contribution in [-0.4, -0.2) is 9.55 Å². The van der Waals surface area contributed by atoms with Gasteiger partial charge in [-0.15, -0.1) is 0 Å². The van der Waals surface area contributed by atoms with E-state index in [1.807, 2.05) is 4.57 Å². The van der Waals surface area contributed by atoms with Crippen LogP contribution >= 0.6 is 15.9 Å². The summed E-state index contributed by atoms with van der Waals surface area (Å²) in [4.78, 5) is 4.60. The van der Waals surface area contributed by atoms with E-state index in [9.17, 15) is 4.39 Å². The van der Waals surface area contributed by atoms with Crippen LogP contribution in [0.15, 0.2) is 22.7 Å². The molecular weight excluding hydrogens is 333 g/mol. The molecule has 0 aliphatic carbocycles. The second kappa shape index (κ2) is 6.60. The van der Waals surface area contributed by atoms with Crippen molar-refractivity contribution in [3.05, 3.63) is 34.3 Å². The molecule has 0 atom stereocenters. The summed E-state index contributed by atoms with van der Waals surface area (Å²) in [6, 6.07) is 4.83. The van der Waals surface area contributed by atoms with E-state index in [1.165, 1.54) is 6.07 Å². The molecule has 114 valence electrons. The number of nitrogen functional groups attached to an aromatic ring is 1. The van der Waals surface area contributed by atoms with E-state index in [-0.39, 0.29) is 5.82 Å². The summed E-state index contributed by atoms with van der Waals surface area (Å²) in [5.41, 5.74) is 7.24. The minimum Gasteiger partial charge on any atom is -0.383 e. The van der Waals surface area contributed by atoms with Crippen molar-refractivity contribution in [1.82, 2.24) is 9.55 Å². The second-order valence-electron chi connectivity index (χ2n) is 5.64. The fourth-order valence-electron chi connectivity index (χ4n) is 2.37. The van der Waals surface area contributed by atoms with E-state index < -0.39 is 0 Å². The molecule has 0 bridgehead atoms. The molecule has 21 heavy (non-hydrogen) atoms. The molecule has 2 rings (SSSR count). The van der Waals surface area contributed by atoms with Crippen molar-refractivity contribution in [3.63, 3.8) is 0 Å². The standard InChI is InChI=1S/C16H21BrFN3/c1-4-5-14-20-15(16(19)21(14)9-10(2)3)12-8-11(17)6-7-13(12)18/h6-8,10H,4-5,9,19H2,1-3H3. The summed E-state index contributed by atoms with van der Waals surface area (Å²) in [7, 11) is 0. The first-order valence-electron chi connectivity index (χ1n) is 7.24. The average Bonchev–Trinajstić information content (AvgIpc) is 2.70. The molecule has 0 fully saturated rings. The Kier molecular flexibility index (Phi) is 5.04. The zero-order chi connectivity index (χ0) is 15.6. The van der Waals surface area contributed by atoms with Crippen LogP contribution in [0, 0.1) is 11.7 Å². The number of halogens is 2. The highest BCUT2D eigenvalue weighted by atomic mass is 79.9. The summed E-state index contributed by atoms with van der Waals surface area (Å²) in [6.07, 6.45) is 1.82. The first-order valence-corrected chi connectivity index (χ1v) is 8.03. The van der Waals surface area contributed by atoms with Gasteiger partial charge in [0.25, 0.3) is 0 Å². The van der Waals surface area contributed by atoms with Crippen LogP contribution in [0.3, 0.4) is 0 Å². The van der Waals surface area contributed by atoms with Crippen molar-refractivity contribution in [1.29, 1.82) is 0 Å². The number of nitrogens with two attached hydrogens (primary N) is 1. The molecule has 2 N–H and O–H groups in total. The first-order chi connectivity index (χ1) is 9.93. The van der Waals surface area contributed by atoms with Gasteiger partial charge in [-0.25, -0.2) is 9.37 Å². The van der Waals surface area contributed by atoms with E-state index in [2.05, 4.69) is 41.7 Å². The second-order valence-corrected chi connectivity index (χ2v) is 6.56. The predicted molar refractivity (Wildman–Crippen MR) is 88.6 cm³/mol. The van der Waals surface area contributed by atoms with Crippen molar-refractivity contribution in [2.45, 2.75) is 40.2 Å². The molecule has 1 heterocycles. The molecule has 0 radical (unpaired) electrons. The van der Waals surface area contributed by atoms with E-state index in [0.29, 0.717) is 23.0 Å². The van der Waals surface area contributed by atoms with Crippen molar-refractivity contribution in [3.8, 4) is 11.3 Å². The minimum absolute atomic E-state index is 0.304. The van der Waals surface area contributed by atoms with Crippen LogP contribution in [0.5, 0.6) is 0 Å². The molecule has 0 amide bonds. The van der Waals surface area contributed by atoms with Crippen molar-refractivity contribution >= 4 is 21.7 Å². The highest BCUT2D eigenvalue weighted by Gasteiger charge is 2.19. The molecule has 0 unspecified atom stereocenters. The highest BCUT2D eigenvalue weighted by molar-refractivity contribution is 9.10. The third kappa shape index (κ3) is 3.46. The van der Waals surface area contributed by atoms with Crippen LogP contribution < -0.4 is 5.73 Å². The van der Waals surface area contributed by atoms with Crippen LogP contribution in [0.2, 0.25) is 0 Å².